The van der Waals surface area contributed by atoms with Crippen molar-refractivity contribution >= 4 is 23.4 Å². The summed E-state index contributed by atoms with van der Waals surface area (Å²) in [5.74, 6) is 0.837. The number of nitrogens with zero attached hydrogens (tertiary/aromatic N) is 2. The van der Waals surface area contributed by atoms with Crippen LogP contribution in [-0.4, -0.2) is 16.5 Å². The zero-order valence-corrected chi connectivity index (χ0v) is 7.60. The second kappa shape index (κ2) is 4.11. The van der Waals surface area contributed by atoms with Crippen LogP contribution in [0.5, 0.6) is 0 Å². The van der Waals surface area contributed by atoms with E-state index in [0.717, 1.165) is 13.0 Å². The van der Waals surface area contributed by atoms with E-state index in [1.54, 1.807) is 0 Å². The van der Waals surface area contributed by atoms with Gasteiger partial charge in [0, 0.05) is 6.54 Å². The molecule has 0 saturated heterocycles. The number of anilines is 2. The number of hydrogen-bond donors (Lipinski definition) is 2. The monoisotopic (exact) mass is 186 g/mol. The van der Waals surface area contributed by atoms with Gasteiger partial charge in [0.15, 0.2) is 0 Å². The maximum Gasteiger partial charge on any atom is 0.222 e. The van der Waals surface area contributed by atoms with Crippen molar-refractivity contribution in [2.75, 3.05) is 17.6 Å². The van der Waals surface area contributed by atoms with Crippen molar-refractivity contribution in [2.24, 2.45) is 0 Å². The lowest BCUT2D eigenvalue weighted by molar-refractivity contribution is 0.966. The van der Waals surface area contributed by atoms with Crippen molar-refractivity contribution in [2.45, 2.75) is 13.3 Å². The summed E-state index contributed by atoms with van der Waals surface area (Å²) < 4.78 is 0. The van der Waals surface area contributed by atoms with Crippen molar-refractivity contribution in [1.82, 2.24) is 9.97 Å². The van der Waals surface area contributed by atoms with E-state index in [9.17, 15) is 0 Å². The fourth-order valence-corrected chi connectivity index (χ4v) is 0.906. The van der Waals surface area contributed by atoms with Gasteiger partial charge >= 0.3 is 0 Å². The molecule has 0 aliphatic rings. The third-order valence-corrected chi connectivity index (χ3v) is 1.58. The van der Waals surface area contributed by atoms with E-state index in [-0.39, 0.29) is 5.95 Å². The minimum atomic E-state index is 0.234. The molecular weight excluding hydrogens is 176 g/mol. The molecule has 1 heterocycles. The number of nitrogens with two attached hydrogens (primary N) is 1. The number of hydrogen-bond acceptors (Lipinski definition) is 4. The fourth-order valence-electron chi connectivity index (χ4n) is 0.748. The molecule has 1 rings (SSSR count). The first kappa shape index (κ1) is 9.06. The minimum absolute atomic E-state index is 0.234. The molecule has 66 valence electrons. The fraction of sp³-hybridized carbons (Fsp3) is 0.429. The Morgan fingerprint density at radius 2 is 2.42 bits per heavy atom. The quantitative estimate of drug-likeness (QED) is 0.752. The van der Waals surface area contributed by atoms with Crippen LogP contribution in [0.3, 0.4) is 0 Å². The van der Waals surface area contributed by atoms with Gasteiger partial charge in [0.2, 0.25) is 5.95 Å². The summed E-state index contributed by atoms with van der Waals surface area (Å²) in [6, 6.07) is 0. The van der Waals surface area contributed by atoms with Gasteiger partial charge in [0.25, 0.3) is 0 Å². The molecule has 0 aliphatic heterocycles. The average molecular weight is 187 g/mol. The van der Waals surface area contributed by atoms with E-state index >= 15 is 0 Å². The molecular formula is C7H11ClN4. The Morgan fingerprint density at radius 1 is 1.67 bits per heavy atom. The van der Waals surface area contributed by atoms with Gasteiger partial charge < -0.3 is 11.1 Å². The number of halogens is 1. The van der Waals surface area contributed by atoms with Gasteiger partial charge in [-0.05, 0) is 6.42 Å². The normalized spacial score (nSPS) is 9.83. The zero-order valence-electron chi connectivity index (χ0n) is 6.84. The Morgan fingerprint density at radius 3 is 3.08 bits per heavy atom. The van der Waals surface area contributed by atoms with Gasteiger partial charge in [-0.3, -0.25) is 0 Å². The predicted molar refractivity (Wildman–Crippen MR) is 50.2 cm³/mol. The Balaban J connectivity index is 2.75. The molecule has 0 amide bonds. The van der Waals surface area contributed by atoms with Crippen molar-refractivity contribution in [1.29, 1.82) is 0 Å². The van der Waals surface area contributed by atoms with Crippen LogP contribution >= 0.6 is 11.6 Å². The number of aromatic nitrogens is 2. The first-order valence-corrected chi connectivity index (χ1v) is 4.13. The highest BCUT2D eigenvalue weighted by molar-refractivity contribution is 6.32. The van der Waals surface area contributed by atoms with Gasteiger partial charge in [-0.1, -0.05) is 18.5 Å². The summed E-state index contributed by atoms with van der Waals surface area (Å²) in [4.78, 5) is 7.68. The zero-order chi connectivity index (χ0) is 8.97. The van der Waals surface area contributed by atoms with Crippen LogP contribution in [0, 0.1) is 0 Å². The smallest absolute Gasteiger partial charge is 0.222 e. The third-order valence-electron chi connectivity index (χ3n) is 1.31. The molecule has 0 unspecified atom stereocenters. The minimum Gasteiger partial charge on any atom is -0.369 e. The number of nitrogens with one attached hydrogen (secondary N) is 1. The highest BCUT2D eigenvalue weighted by atomic mass is 35.5. The second-order valence-electron chi connectivity index (χ2n) is 2.35. The summed E-state index contributed by atoms with van der Waals surface area (Å²) in [6.07, 6.45) is 2.50. The van der Waals surface area contributed by atoms with E-state index in [2.05, 4.69) is 22.2 Å². The van der Waals surface area contributed by atoms with Gasteiger partial charge in [0.05, 0.1) is 6.20 Å². The van der Waals surface area contributed by atoms with E-state index in [1.165, 1.54) is 6.20 Å². The first-order valence-electron chi connectivity index (χ1n) is 3.76. The largest absolute Gasteiger partial charge is 0.369 e. The van der Waals surface area contributed by atoms with E-state index in [4.69, 9.17) is 17.3 Å². The first-order chi connectivity index (χ1) is 5.74. The summed E-state index contributed by atoms with van der Waals surface area (Å²) in [7, 11) is 0. The molecule has 0 bridgehead atoms. The van der Waals surface area contributed by atoms with Crippen LogP contribution in [0.4, 0.5) is 11.8 Å². The van der Waals surface area contributed by atoms with Crippen LogP contribution in [-0.2, 0) is 0 Å². The van der Waals surface area contributed by atoms with Crippen LogP contribution in [0.1, 0.15) is 13.3 Å². The molecule has 0 aromatic carbocycles. The van der Waals surface area contributed by atoms with Crippen LogP contribution in [0.25, 0.3) is 0 Å². The molecule has 1 aromatic rings. The van der Waals surface area contributed by atoms with E-state index in [0.29, 0.717) is 10.8 Å². The highest BCUT2D eigenvalue weighted by Crippen LogP contribution is 2.17. The lowest BCUT2D eigenvalue weighted by Crippen LogP contribution is -2.05. The highest BCUT2D eigenvalue weighted by Gasteiger charge is 2.01. The van der Waals surface area contributed by atoms with Crippen LogP contribution < -0.4 is 11.1 Å². The Bertz CT molecular complexity index is 264. The van der Waals surface area contributed by atoms with Gasteiger partial charge in [-0.25, -0.2) is 4.98 Å². The summed E-state index contributed by atoms with van der Waals surface area (Å²) >= 11 is 5.79. The SMILES string of the molecule is CCCNc1nc(N)ncc1Cl. The molecule has 0 atom stereocenters. The molecule has 0 fully saturated rings. The summed E-state index contributed by atoms with van der Waals surface area (Å²) in [5.41, 5.74) is 5.38. The standard InChI is InChI=1S/C7H11ClN4/c1-2-3-10-6-5(8)4-11-7(9)12-6/h4H,2-3H2,1H3,(H3,9,10,11,12). The Labute approximate surface area is 76.2 Å². The lowest BCUT2D eigenvalue weighted by Gasteiger charge is -2.04. The van der Waals surface area contributed by atoms with Crippen LogP contribution in [0.2, 0.25) is 5.02 Å². The molecule has 12 heavy (non-hydrogen) atoms. The molecule has 1 aromatic heterocycles. The van der Waals surface area contributed by atoms with E-state index in [1.807, 2.05) is 0 Å². The van der Waals surface area contributed by atoms with E-state index < -0.39 is 0 Å². The molecule has 3 N–H and O–H groups in total. The van der Waals surface area contributed by atoms with Gasteiger partial charge in [-0.2, -0.15) is 4.98 Å². The topological polar surface area (TPSA) is 63.8 Å². The summed E-state index contributed by atoms with van der Waals surface area (Å²) in [6.45, 7) is 2.89. The van der Waals surface area contributed by atoms with Crippen molar-refractivity contribution in [3.05, 3.63) is 11.2 Å². The maximum absolute atomic E-state index is 5.79. The van der Waals surface area contributed by atoms with Crippen molar-refractivity contribution in [3.63, 3.8) is 0 Å². The number of rotatable bonds is 3. The predicted octanol–water partition coefficient (Wildman–Crippen LogP) is 1.53. The molecule has 0 radical (unpaired) electrons. The third kappa shape index (κ3) is 2.23. The Hall–Kier alpha value is -1.03. The average Bonchev–Trinajstić information content (AvgIpc) is 2.07. The number of nitrogen functional groups attached to an aromatic ring is 1. The molecule has 4 nitrogen and oxygen atoms in total. The lowest BCUT2D eigenvalue weighted by atomic mass is 10.4. The maximum atomic E-state index is 5.79. The molecule has 0 saturated carbocycles. The molecule has 5 heteroatoms. The second-order valence-corrected chi connectivity index (χ2v) is 2.76. The van der Waals surface area contributed by atoms with Crippen LogP contribution in [0.15, 0.2) is 6.20 Å². The molecule has 0 spiro atoms. The Kier molecular flexibility index (Phi) is 3.10. The molecule has 0 aliphatic carbocycles. The van der Waals surface area contributed by atoms with Gasteiger partial charge in [-0.15, -0.1) is 0 Å². The van der Waals surface area contributed by atoms with Crippen molar-refractivity contribution in [3.8, 4) is 0 Å². The summed E-state index contributed by atoms with van der Waals surface area (Å²) in [5, 5.41) is 3.54. The van der Waals surface area contributed by atoms with Gasteiger partial charge in [0.1, 0.15) is 10.8 Å². The van der Waals surface area contributed by atoms with Crippen molar-refractivity contribution < 1.29 is 0 Å².